The van der Waals surface area contributed by atoms with Gasteiger partial charge in [-0.05, 0) is 41.5 Å². The lowest BCUT2D eigenvalue weighted by Gasteiger charge is -2.23. The van der Waals surface area contributed by atoms with Gasteiger partial charge in [0.25, 0.3) is 0 Å². The Kier molecular flexibility index (Phi) is 4.97. The molecule has 0 amide bonds. The zero-order chi connectivity index (χ0) is 24.8. The first-order valence-electron chi connectivity index (χ1n) is 11.6. The summed E-state index contributed by atoms with van der Waals surface area (Å²) in [5.74, 6) is 0. The summed E-state index contributed by atoms with van der Waals surface area (Å²) in [6.45, 7) is 0. The van der Waals surface area contributed by atoms with Crippen LogP contribution in [0.5, 0.6) is 0 Å². The van der Waals surface area contributed by atoms with E-state index in [0.29, 0.717) is 16.9 Å². The Labute approximate surface area is 208 Å². The van der Waals surface area contributed by atoms with Gasteiger partial charge in [0.15, 0.2) is 0 Å². The highest BCUT2D eigenvalue weighted by molar-refractivity contribution is 6.64. The molecule has 0 bridgehead atoms. The van der Waals surface area contributed by atoms with Crippen LogP contribution < -0.4 is 11.5 Å². The number of nitrogens with zero attached hydrogens (tertiary/aromatic N) is 1. The monoisotopic (exact) mass is 465 g/mol. The zero-order valence-corrected chi connectivity index (χ0v) is 19.4. The van der Waals surface area contributed by atoms with Crippen LogP contribution in [0.1, 0.15) is 16.7 Å². The zero-order valence-electron chi connectivity index (χ0n) is 19.4. The van der Waals surface area contributed by atoms with Crippen LogP contribution in [-0.2, 0) is 0 Å². The van der Waals surface area contributed by atoms with E-state index in [1.165, 1.54) is 0 Å². The highest BCUT2D eigenvalue weighted by Crippen LogP contribution is 2.38. The smallest absolute Gasteiger partial charge is 0.0881 e. The van der Waals surface area contributed by atoms with E-state index in [4.69, 9.17) is 27.3 Å². The lowest BCUT2D eigenvalue weighted by molar-refractivity contribution is 1.36. The van der Waals surface area contributed by atoms with Crippen molar-refractivity contribution in [2.75, 3.05) is 11.5 Å². The number of fused-ring (bicyclic) bond motifs is 3. The summed E-state index contributed by atoms with van der Waals surface area (Å²) in [5, 5.41) is 18.8. The lowest BCUT2D eigenvalue weighted by Crippen LogP contribution is -2.21. The Balaban J connectivity index is 1.54. The van der Waals surface area contributed by atoms with E-state index < -0.39 is 0 Å². The Morgan fingerprint density at radius 2 is 1.33 bits per heavy atom. The molecule has 5 aromatic rings. The Morgan fingerprint density at radius 1 is 0.639 bits per heavy atom. The number of anilines is 2. The second-order valence-corrected chi connectivity index (χ2v) is 8.86. The predicted octanol–water partition coefficient (Wildman–Crippen LogP) is 6.68. The first-order chi connectivity index (χ1) is 17.5. The van der Waals surface area contributed by atoms with Gasteiger partial charge in [0.05, 0.1) is 22.6 Å². The maximum absolute atomic E-state index is 9.00. The third-order valence-electron chi connectivity index (χ3n) is 6.62. The van der Waals surface area contributed by atoms with Gasteiger partial charge in [0, 0.05) is 44.6 Å². The maximum atomic E-state index is 9.00. The van der Waals surface area contributed by atoms with Crippen LogP contribution in [0.2, 0.25) is 0 Å². The molecule has 1 aromatic heterocycles. The Hall–Kier alpha value is -5.03. The van der Waals surface area contributed by atoms with Gasteiger partial charge < -0.3 is 11.5 Å². The van der Waals surface area contributed by atoms with Gasteiger partial charge in [-0.15, -0.1) is 0 Å². The second kappa shape index (κ2) is 8.32. The van der Waals surface area contributed by atoms with Crippen molar-refractivity contribution in [2.45, 2.75) is 0 Å². The molecule has 0 unspecified atom stereocenters. The molecule has 0 radical (unpaired) electrons. The summed E-state index contributed by atoms with van der Waals surface area (Å²) in [6.07, 6.45) is 2.00. The van der Waals surface area contributed by atoms with Crippen molar-refractivity contribution < 1.29 is 0 Å². The lowest BCUT2D eigenvalue weighted by atomic mass is 9.82. The molecule has 36 heavy (non-hydrogen) atoms. The van der Waals surface area contributed by atoms with Gasteiger partial charge in [0.2, 0.25) is 0 Å². The number of rotatable bonds is 3. The Bertz CT molecular complexity index is 1710. The average molecular weight is 466 g/mol. The van der Waals surface area contributed by atoms with Crippen molar-refractivity contribution in [1.82, 2.24) is 4.98 Å². The van der Waals surface area contributed by atoms with Crippen molar-refractivity contribution in [3.8, 4) is 22.4 Å². The summed E-state index contributed by atoms with van der Waals surface area (Å²) in [7, 11) is 0. The van der Waals surface area contributed by atoms with Crippen molar-refractivity contribution in [3.63, 3.8) is 0 Å². The van der Waals surface area contributed by atoms with Crippen molar-refractivity contribution in [2.24, 2.45) is 0 Å². The number of pyridine rings is 1. The molecule has 172 valence electrons. The third kappa shape index (κ3) is 3.46. The number of aromatic nitrogens is 1. The summed E-state index contributed by atoms with van der Waals surface area (Å²) in [6, 6.07) is 31.2. The molecule has 0 spiro atoms. The number of benzene rings is 4. The van der Waals surface area contributed by atoms with Crippen LogP contribution in [0.3, 0.4) is 0 Å². The molecule has 0 saturated heterocycles. The van der Waals surface area contributed by atoms with E-state index in [2.05, 4.69) is 0 Å². The van der Waals surface area contributed by atoms with Crippen molar-refractivity contribution in [1.29, 1.82) is 10.8 Å². The van der Waals surface area contributed by atoms with E-state index >= 15 is 0 Å². The molecule has 5 heteroatoms. The summed E-state index contributed by atoms with van der Waals surface area (Å²) < 4.78 is 0. The topological polar surface area (TPSA) is 113 Å². The molecule has 0 atom stereocenters. The fourth-order valence-corrected chi connectivity index (χ4v) is 4.81. The van der Waals surface area contributed by atoms with Gasteiger partial charge >= 0.3 is 0 Å². The number of hydrogen-bond acceptors (Lipinski definition) is 5. The van der Waals surface area contributed by atoms with E-state index in [-0.39, 0.29) is 11.4 Å². The molecule has 5 nitrogen and oxygen atoms in total. The number of nitrogens with two attached hydrogens (primary N) is 2. The summed E-state index contributed by atoms with van der Waals surface area (Å²) in [5.41, 5.74) is 21.4. The largest absolute Gasteiger partial charge is 0.399 e. The SMILES string of the molecule is N=C1C(=N)c2c(c(-c3ccccc3)nc3ccccc23)C=C1c1ccc(-c2cc(N)ccc2N)cc1. The van der Waals surface area contributed by atoms with Crippen LogP contribution >= 0.6 is 0 Å². The van der Waals surface area contributed by atoms with Crippen LogP contribution in [0.25, 0.3) is 44.9 Å². The van der Waals surface area contributed by atoms with Crippen LogP contribution in [0, 0.1) is 10.8 Å². The maximum Gasteiger partial charge on any atom is 0.0881 e. The molecule has 6 rings (SSSR count). The van der Waals surface area contributed by atoms with Gasteiger partial charge in [-0.3, -0.25) is 10.8 Å². The second-order valence-electron chi connectivity index (χ2n) is 8.86. The predicted molar refractivity (Wildman–Crippen MR) is 150 cm³/mol. The highest BCUT2D eigenvalue weighted by Gasteiger charge is 2.27. The minimum Gasteiger partial charge on any atom is -0.399 e. The molecule has 4 aromatic carbocycles. The number of nitrogen functional groups attached to an aromatic ring is 2. The fourth-order valence-electron chi connectivity index (χ4n) is 4.81. The van der Waals surface area contributed by atoms with Crippen LogP contribution in [-0.4, -0.2) is 16.4 Å². The quantitative estimate of drug-likeness (QED) is 0.223. The first-order valence-corrected chi connectivity index (χ1v) is 11.6. The normalized spacial score (nSPS) is 12.9. The third-order valence-corrected chi connectivity index (χ3v) is 6.62. The number of para-hydroxylation sites is 1. The molecule has 0 saturated carbocycles. The summed E-state index contributed by atoms with van der Waals surface area (Å²) in [4.78, 5) is 4.98. The molecule has 6 N–H and O–H groups in total. The van der Waals surface area contributed by atoms with Crippen molar-refractivity contribution in [3.05, 3.63) is 114 Å². The molecule has 1 aliphatic carbocycles. The van der Waals surface area contributed by atoms with Gasteiger partial charge in [-0.2, -0.15) is 0 Å². The van der Waals surface area contributed by atoms with Crippen LogP contribution in [0.15, 0.2) is 97.1 Å². The number of nitrogens with one attached hydrogen (secondary N) is 2. The molecule has 0 aliphatic heterocycles. The molecular formula is C31H23N5. The standard InChI is InChI=1S/C31H23N5/c32-21-14-15-26(33)23(16-21)18-10-12-19(13-11-18)24-17-25-28(30(35)29(24)34)22-8-4-5-9-27(22)36-31(25)20-6-2-1-3-7-20/h1-17,34-35H,32-33H2. The molecule has 1 heterocycles. The van der Waals surface area contributed by atoms with E-state index in [9.17, 15) is 0 Å². The van der Waals surface area contributed by atoms with Gasteiger partial charge in [-0.25, -0.2) is 4.98 Å². The van der Waals surface area contributed by atoms with E-state index in [0.717, 1.165) is 50.0 Å². The van der Waals surface area contributed by atoms with Crippen molar-refractivity contribution >= 4 is 45.4 Å². The van der Waals surface area contributed by atoms with Gasteiger partial charge in [0.1, 0.15) is 0 Å². The van der Waals surface area contributed by atoms with E-state index in [1.54, 1.807) is 12.1 Å². The number of allylic oxidation sites excluding steroid dienone is 1. The Morgan fingerprint density at radius 3 is 2.11 bits per heavy atom. The fraction of sp³-hybridized carbons (Fsp3) is 0. The van der Waals surface area contributed by atoms with E-state index in [1.807, 2.05) is 91.0 Å². The number of hydrogen-bond donors (Lipinski definition) is 4. The minimum atomic E-state index is 0.189. The molecule has 0 fully saturated rings. The average Bonchev–Trinajstić information content (AvgIpc) is 2.92. The first kappa shape index (κ1) is 21.5. The van der Waals surface area contributed by atoms with Crippen LogP contribution in [0.4, 0.5) is 11.4 Å². The summed E-state index contributed by atoms with van der Waals surface area (Å²) >= 11 is 0. The molecule has 1 aliphatic rings. The van der Waals surface area contributed by atoms with Gasteiger partial charge in [-0.1, -0.05) is 72.8 Å². The molecular weight excluding hydrogens is 442 g/mol. The highest BCUT2D eigenvalue weighted by atomic mass is 14.7. The minimum absolute atomic E-state index is 0.189.